The summed E-state index contributed by atoms with van der Waals surface area (Å²) in [4.78, 5) is 4.28. The summed E-state index contributed by atoms with van der Waals surface area (Å²) in [6, 6.07) is 9.01. The largest absolute Gasteiger partial charge is 0.484 e. The van der Waals surface area contributed by atoms with Gasteiger partial charge in [0, 0.05) is 35.1 Å². The first-order valence-electron chi connectivity index (χ1n) is 12.3. The van der Waals surface area contributed by atoms with E-state index < -0.39 is 6.10 Å². The number of aromatic nitrogens is 6. The van der Waals surface area contributed by atoms with Crippen molar-refractivity contribution in [1.82, 2.24) is 34.9 Å². The zero-order valence-corrected chi connectivity index (χ0v) is 20.5. The maximum atomic E-state index is 13.8. The van der Waals surface area contributed by atoms with E-state index in [1.54, 1.807) is 23.0 Å². The summed E-state index contributed by atoms with van der Waals surface area (Å²) in [6.07, 6.45) is 8.30. The highest BCUT2D eigenvalue weighted by atomic mass is 19.1. The predicted octanol–water partition coefficient (Wildman–Crippen LogP) is 4.52. The second-order valence-corrected chi connectivity index (χ2v) is 9.36. The highest BCUT2D eigenvalue weighted by Gasteiger charge is 2.23. The number of nitrogens with one attached hydrogen (secondary N) is 1. The van der Waals surface area contributed by atoms with Crippen LogP contribution in [0.3, 0.4) is 0 Å². The van der Waals surface area contributed by atoms with Crippen molar-refractivity contribution in [2.45, 2.75) is 38.8 Å². The van der Waals surface area contributed by atoms with Crippen molar-refractivity contribution in [3.05, 3.63) is 71.7 Å². The van der Waals surface area contributed by atoms with E-state index >= 15 is 0 Å². The molecule has 0 saturated carbocycles. The topological polar surface area (TPSA) is 106 Å². The van der Waals surface area contributed by atoms with E-state index in [0.717, 1.165) is 53.8 Å². The summed E-state index contributed by atoms with van der Waals surface area (Å²) in [5.74, 6) is 0.175. The lowest BCUT2D eigenvalue weighted by atomic mass is 10.0. The first-order chi connectivity index (χ1) is 18.0. The Hall–Kier alpha value is -4.36. The summed E-state index contributed by atoms with van der Waals surface area (Å²) >= 11 is 0. The fraction of sp³-hybridized carbons (Fsp3) is 0.296. The van der Waals surface area contributed by atoms with Crippen molar-refractivity contribution < 1.29 is 9.13 Å². The minimum Gasteiger partial charge on any atom is -0.484 e. The Balaban J connectivity index is 1.42. The maximum absolute atomic E-state index is 13.8. The molecule has 1 aliphatic heterocycles. The van der Waals surface area contributed by atoms with Crippen LogP contribution in [0.5, 0.6) is 5.75 Å². The van der Waals surface area contributed by atoms with Crippen molar-refractivity contribution in [2.75, 3.05) is 13.1 Å². The average Bonchev–Trinajstić information content (AvgIpc) is 3.51. The molecule has 1 unspecified atom stereocenters. The minimum atomic E-state index is -0.436. The minimum absolute atomic E-state index is 0.306. The molecule has 4 aromatic heterocycles. The first kappa shape index (κ1) is 23.1. The number of nitrogens with zero attached hydrogens (tertiary/aromatic N) is 7. The van der Waals surface area contributed by atoms with Gasteiger partial charge in [0.1, 0.15) is 40.5 Å². The summed E-state index contributed by atoms with van der Waals surface area (Å²) in [5.41, 5.74) is 4.29. The Morgan fingerprint density at radius 2 is 2.03 bits per heavy atom. The van der Waals surface area contributed by atoms with Gasteiger partial charge in [-0.2, -0.15) is 10.4 Å². The van der Waals surface area contributed by atoms with Gasteiger partial charge in [-0.3, -0.25) is 4.98 Å². The summed E-state index contributed by atoms with van der Waals surface area (Å²) in [7, 11) is 0. The van der Waals surface area contributed by atoms with Gasteiger partial charge in [-0.1, -0.05) is 11.3 Å². The molecule has 9 nitrogen and oxygen atoms in total. The molecule has 0 spiro atoms. The van der Waals surface area contributed by atoms with Crippen LogP contribution in [0, 0.1) is 24.1 Å². The van der Waals surface area contributed by atoms with Crippen LogP contribution in [0.4, 0.5) is 4.39 Å². The van der Waals surface area contributed by atoms with E-state index in [-0.39, 0.29) is 5.82 Å². The molecule has 0 bridgehead atoms. The van der Waals surface area contributed by atoms with Crippen molar-refractivity contribution in [2.24, 2.45) is 0 Å². The van der Waals surface area contributed by atoms with Crippen LogP contribution >= 0.6 is 0 Å². The molecule has 0 aliphatic carbocycles. The maximum Gasteiger partial charge on any atom is 0.148 e. The lowest BCUT2D eigenvalue weighted by Crippen LogP contribution is -2.30. The number of fused-ring (bicyclic) bond motifs is 2. The number of piperidine rings is 1. The van der Waals surface area contributed by atoms with Gasteiger partial charge in [0.2, 0.25) is 0 Å². The number of ether oxygens (including phenoxy) is 1. The molecule has 1 N–H and O–H groups in total. The van der Waals surface area contributed by atoms with Gasteiger partial charge in [-0.15, -0.1) is 5.10 Å². The Morgan fingerprint density at radius 1 is 1.19 bits per heavy atom. The van der Waals surface area contributed by atoms with Crippen LogP contribution in [0.25, 0.3) is 27.5 Å². The van der Waals surface area contributed by atoms with E-state index in [1.807, 2.05) is 30.8 Å². The molecule has 186 valence electrons. The molecular formula is C27H25FN8O. The molecule has 1 aliphatic rings. The van der Waals surface area contributed by atoms with E-state index in [0.29, 0.717) is 28.3 Å². The lowest BCUT2D eigenvalue weighted by molar-refractivity contribution is 0.230. The third-order valence-corrected chi connectivity index (χ3v) is 7.05. The molecule has 1 fully saturated rings. The Morgan fingerprint density at radius 3 is 2.84 bits per heavy atom. The van der Waals surface area contributed by atoms with Crippen LogP contribution in [-0.4, -0.2) is 42.7 Å². The van der Waals surface area contributed by atoms with Gasteiger partial charge in [-0.25, -0.2) is 13.6 Å². The van der Waals surface area contributed by atoms with Gasteiger partial charge in [0.05, 0.1) is 17.9 Å². The standard InChI is InChI=1S/C27H25FN8O/c1-16-26(33-34-36(16)22-5-7-30-8-6-22)19-10-25(27-20(11-29)13-32-35(27)15-19)37-17(2)24-14-31-12-18-9-21(28)3-4-23(18)24/h3-4,9-10,12-15,17,22,30H,5-8H2,1-2H3. The third-order valence-electron chi connectivity index (χ3n) is 7.05. The number of nitriles is 1. The van der Waals surface area contributed by atoms with Crippen LogP contribution in [0.1, 0.15) is 48.7 Å². The molecule has 0 amide bonds. The first-order valence-corrected chi connectivity index (χ1v) is 12.3. The van der Waals surface area contributed by atoms with Gasteiger partial charge in [0.15, 0.2) is 0 Å². The second kappa shape index (κ2) is 9.26. The van der Waals surface area contributed by atoms with Gasteiger partial charge < -0.3 is 10.1 Å². The molecule has 5 aromatic rings. The number of rotatable bonds is 5. The van der Waals surface area contributed by atoms with Crippen LogP contribution in [-0.2, 0) is 0 Å². The SMILES string of the molecule is Cc1c(-c2cc(OC(C)c3cncc4cc(F)ccc34)c3c(C#N)cnn3c2)nnn1C1CCNCC1. The molecule has 37 heavy (non-hydrogen) atoms. The molecule has 1 saturated heterocycles. The Bertz CT molecular complexity index is 1660. The van der Waals surface area contributed by atoms with E-state index in [1.165, 1.54) is 18.3 Å². The highest BCUT2D eigenvalue weighted by molar-refractivity contribution is 5.85. The molecule has 5 heterocycles. The summed E-state index contributed by atoms with van der Waals surface area (Å²) in [6.45, 7) is 5.85. The van der Waals surface area contributed by atoms with E-state index in [2.05, 4.69) is 31.8 Å². The number of hydrogen-bond acceptors (Lipinski definition) is 7. The van der Waals surface area contributed by atoms with Crippen LogP contribution in [0.2, 0.25) is 0 Å². The van der Waals surface area contributed by atoms with Gasteiger partial charge in [0.25, 0.3) is 0 Å². The van der Waals surface area contributed by atoms with E-state index in [4.69, 9.17) is 4.74 Å². The smallest absolute Gasteiger partial charge is 0.148 e. The van der Waals surface area contributed by atoms with Crippen molar-refractivity contribution in [1.29, 1.82) is 5.26 Å². The molecular weight excluding hydrogens is 471 g/mol. The van der Waals surface area contributed by atoms with Crippen molar-refractivity contribution >= 4 is 16.3 Å². The quantitative estimate of drug-likeness (QED) is 0.381. The number of pyridine rings is 2. The van der Waals surface area contributed by atoms with Gasteiger partial charge >= 0.3 is 0 Å². The zero-order valence-electron chi connectivity index (χ0n) is 20.5. The number of halogens is 1. The average molecular weight is 497 g/mol. The normalized spacial score (nSPS) is 15.2. The second-order valence-electron chi connectivity index (χ2n) is 9.36. The number of benzene rings is 1. The lowest BCUT2D eigenvalue weighted by Gasteiger charge is -2.23. The predicted molar refractivity (Wildman–Crippen MR) is 136 cm³/mol. The molecule has 6 rings (SSSR count). The number of hydrogen-bond donors (Lipinski definition) is 1. The van der Waals surface area contributed by atoms with Crippen molar-refractivity contribution in [3.63, 3.8) is 0 Å². The molecule has 1 atom stereocenters. The molecule has 10 heteroatoms. The Labute approximate surface area is 212 Å². The molecule has 0 radical (unpaired) electrons. The monoisotopic (exact) mass is 496 g/mol. The Kier molecular flexibility index (Phi) is 5.77. The van der Waals surface area contributed by atoms with E-state index in [9.17, 15) is 9.65 Å². The van der Waals surface area contributed by atoms with Crippen LogP contribution < -0.4 is 10.1 Å². The summed E-state index contributed by atoms with van der Waals surface area (Å²) < 4.78 is 23.9. The highest BCUT2D eigenvalue weighted by Crippen LogP contribution is 2.35. The zero-order chi connectivity index (χ0) is 25.5. The summed E-state index contributed by atoms with van der Waals surface area (Å²) in [5, 5.41) is 28.0. The van der Waals surface area contributed by atoms with Gasteiger partial charge in [-0.05, 0) is 63.4 Å². The van der Waals surface area contributed by atoms with Crippen LogP contribution in [0.15, 0.2) is 49.1 Å². The fourth-order valence-corrected chi connectivity index (χ4v) is 5.14. The fourth-order valence-electron chi connectivity index (χ4n) is 5.14. The third kappa shape index (κ3) is 4.07. The van der Waals surface area contributed by atoms with Crippen molar-refractivity contribution in [3.8, 4) is 23.1 Å². The molecule has 1 aromatic carbocycles.